The molecule has 3 rings (SSSR count). The summed E-state index contributed by atoms with van der Waals surface area (Å²) in [6.45, 7) is 1.43. The van der Waals surface area contributed by atoms with Crippen LogP contribution in [0.1, 0.15) is 17.3 Å². The molecule has 0 saturated carbocycles. The molecule has 3 aromatic carbocycles. The molecule has 0 aromatic heterocycles. The van der Waals surface area contributed by atoms with Crippen molar-refractivity contribution in [3.05, 3.63) is 82.3 Å². The van der Waals surface area contributed by atoms with Gasteiger partial charge in [0.25, 0.3) is 15.9 Å². The number of halogens is 2. The second-order valence-corrected chi connectivity index (χ2v) is 9.49. The number of para-hydroxylation sites is 2. The molecule has 1 atom stereocenters. The lowest BCUT2D eigenvalue weighted by molar-refractivity contribution is -0.123. The minimum absolute atomic E-state index is 0.0692. The number of ether oxygens (including phenoxy) is 2. The van der Waals surface area contributed by atoms with Gasteiger partial charge in [-0.2, -0.15) is 0 Å². The molecule has 0 radical (unpaired) electrons. The fraction of sp³-hybridized carbons (Fsp3) is 0.130. The van der Waals surface area contributed by atoms with Gasteiger partial charge in [-0.25, -0.2) is 13.2 Å². The quantitative estimate of drug-likeness (QED) is 0.403. The molecule has 0 fully saturated rings. The van der Waals surface area contributed by atoms with E-state index in [2.05, 4.69) is 10.0 Å². The molecule has 0 aliphatic carbocycles. The van der Waals surface area contributed by atoms with Crippen LogP contribution in [0.3, 0.4) is 0 Å². The predicted molar refractivity (Wildman–Crippen MR) is 130 cm³/mol. The van der Waals surface area contributed by atoms with Crippen LogP contribution in [-0.4, -0.2) is 33.5 Å². The van der Waals surface area contributed by atoms with Gasteiger partial charge in [0.1, 0.15) is 5.75 Å². The first kappa shape index (κ1) is 25.4. The maximum Gasteiger partial charge on any atom is 0.338 e. The number of hydrogen-bond donors (Lipinski definition) is 2. The van der Waals surface area contributed by atoms with E-state index in [-0.39, 0.29) is 26.2 Å². The summed E-state index contributed by atoms with van der Waals surface area (Å²) in [5.41, 5.74) is 0.788. The summed E-state index contributed by atoms with van der Waals surface area (Å²) in [7, 11) is -2.45. The van der Waals surface area contributed by atoms with Crippen LogP contribution in [-0.2, 0) is 19.6 Å². The van der Waals surface area contributed by atoms with Crippen molar-refractivity contribution in [3.63, 3.8) is 0 Å². The standard InChI is InChI=1S/C23H20Cl2N2O6S/c1-14(22(28)26-20-5-3-4-6-21(20)32-2)33-23(29)15-7-9-16(10-8-15)27-34(30,31)17-11-12-18(24)19(25)13-17/h3-14,27H,1-2H3,(H,26,28). The third-order valence-corrected chi connectivity index (χ3v) is 6.71. The van der Waals surface area contributed by atoms with Crippen molar-refractivity contribution < 1.29 is 27.5 Å². The lowest BCUT2D eigenvalue weighted by Gasteiger charge is -2.15. The highest BCUT2D eigenvalue weighted by Gasteiger charge is 2.21. The molecular weight excluding hydrogens is 503 g/mol. The minimum Gasteiger partial charge on any atom is -0.495 e. The fourth-order valence-corrected chi connectivity index (χ4v) is 4.24. The van der Waals surface area contributed by atoms with Gasteiger partial charge in [0.2, 0.25) is 0 Å². The molecule has 0 bridgehead atoms. The topological polar surface area (TPSA) is 111 Å². The van der Waals surface area contributed by atoms with Crippen LogP contribution in [0, 0.1) is 0 Å². The maximum absolute atomic E-state index is 12.5. The summed E-state index contributed by atoms with van der Waals surface area (Å²) in [5.74, 6) is -0.821. The number of methoxy groups -OCH3 is 1. The van der Waals surface area contributed by atoms with E-state index in [9.17, 15) is 18.0 Å². The third-order valence-electron chi connectivity index (χ3n) is 4.59. The Morgan fingerprint density at radius 1 is 0.941 bits per heavy atom. The van der Waals surface area contributed by atoms with Gasteiger partial charge in [-0.05, 0) is 61.5 Å². The Morgan fingerprint density at radius 3 is 2.26 bits per heavy atom. The van der Waals surface area contributed by atoms with E-state index in [1.54, 1.807) is 24.3 Å². The molecule has 0 spiro atoms. The molecular formula is C23H20Cl2N2O6S. The van der Waals surface area contributed by atoms with Crippen LogP contribution in [0.2, 0.25) is 10.0 Å². The molecule has 2 N–H and O–H groups in total. The second kappa shape index (κ2) is 10.8. The Bertz CT molecular complexity index is 1310. The van der Waals surface area contributed by atoms with Crippen LogP contribution >= 0.6 is 23.2 Å². The molecule has 34 heavy (non-hydrogen) atoms. The van der Waals surface area contributed by atoms with Crippen molar-refractivity contribution >= 4 is 56.5 Å². The Labute approximate surface area is 206 Å². The molecule has 11 heteroatoms. The molecule has 0 aliphatic heterocycles. The van der Waals surface area contributed by atoms with Crippen LogP contribution in [0.5, 0.6) is 5.75 Å². The number of carbonyl (C=O) groups excluding carboxylic acids is 2. The van der Waals surface area contributed by atoms with Crippen molar-refractivity contribution in [3.8, 4) is 5.75 Å². The average molecular weight is 523 g/mol. The number of esters is 1. The highest BCUT2D eigenvalue weighted by atomic mass is 35.5. The van der Waals surface area contributed by atoms with E-state index < -0.39 is 28.0 Å². The molecule has 3 aromatic rings. The van der Waals surface area contributed by atoms with Crippen molar-refractivity contribution in [1.29, 1.82) is 0 Å². The number of amides is 1. The van der Waals surface area contributed by atoms with E-state index >= 15 is 0 Å². The highest BCUT2D eigenvalue weighted by Crippen LogP contribution is 2.26. The predicted octanol–water partition coefficient (Wildman–Crippen LogP) is 4.99. The number of hydrogen-bond acceptors (Lipinski definition) is 6. The van der Waals surface area contributed by atoms with E-state index in [4.69, 9.17) is 32.7 Å². The molecule has 0 saturated heterocycles. The van der Waals surface area contributed by atoms with Crippen molar-refractivity contribution in [2.75, 3.05) is 17.1 Å². The number of benzene rings is 3. The number of sulfonamides is 1. The van der Waals surface area contributed by atoms with Gasteiger partial charge >= 0.3 is 5.97 Å². The van der Waals surface area contributed by atoms with Gasteiger partial charge in [0.15, 0.2) is 6.10 Å². The van der Waals surface area contributed by atoms with Gasteiger partial charge in [-0.3, -0.25) is 9.52 Å². The summed E-state index contributed by atoms with van der Waals surface area (Å²) in [5, 5.41) is 2.97. The molecule has 0 aliphatic rings. The fourth-order valence-electron chi connectivity index (χ4n) is 2.80. The Kier molecular flexibility index (Phi) is 8.03. The first-order chi connectivity index (χ1) is 16.1. The Balaban J connectivity index is 1.63. The molecule has 178 valence electrons. The number of rotatable bonds is 8. The zero-order valence-corrected chi connectivity index (χ0v) is 20.4. The van der Waals surface area contributed by atoms with Crippen LogP contribution in [0.25, 0.3) is 0 Å². The monoisotopic (exact) mass is 522 g/mol. The number of carbonyl (C=O) groups is 2. The van der Waals surface area contributed by atoms with Crippen molar-refractivity contribution in [2.45, 2.75) is 17.9 Å². The van der Waals surface area contributed by atoms with Crippen LogP contribution < -0.4 is 14.8 Å². The normalized spacial score (nSPS) is 11.9. The molecule has 1 unspecified atom stereocenters. The lowest BCUT2D eigenvalue weighted by Crippen LogP contribution is -2.30. The molecule has 0 heterocycles. The largest absolute Gasteiger partial charge is 0.495 e. The maximum atomic E-state index is 12.5. The van der Waals surface area contributed by atoms with Gasteiger partial charge in [0, 0.05) is 5.69 Å². The molecule has 8 nitrogen and oxygen atoms in total. The van der Waals surface area contributed by atoms with E-state index in [0.717, 1.165) is 0 Å². The van der Waals surface area contributed by atoms with Crippen molar-refractivity contribution in [1.82, 2.24) is 0 Å². The van der Waals surface area contributed by atoms with Gasteiger partial charge in [-0.15, -0.1) is 0 Å². The van der Waals surface area contributed by atoms with Crippen LogP contribution in [0.4, 0.5) is 11.4 Å². The first-order valence-corrected chi connectivity index (χ1v) is 12.1. The van der Waals surface area contributed by atoms with Gasteiger partial charge < -0.3 is 14.8 Å². The third kappa shape index (κ3) is 6.19. The summed E-state index contributed by atoms with van der Waals surface area (Å²) in [6.07, 6.45) is -1.09. The minimum atomic E-state index is -3.92. The average Bonchev–Trinajstić information content (AvgIpc) is 2.81. The highest BCUT2D eigenvalue weighted by molar-refractivity contribution is 7.92. The van der Waals surface area contributed by atoms with E-state index in [1.165, 1.54) is 56.5 Å². The van der Waals surface area contributed by atoms with Gasteiger partial charge in [0.05, 0.1) is 33.3 Å². The van der Waals surface area contributed by atoms with E-state index in [1.807, 2.05) is 0 Å². The summed E-state index contributed by atoms with van der Waals surface area (Å²) < 4.78 is 37.9. The summed E-state index contributed by atoms with van der Waals surface area (Å²) in [4.78, 5) is 24.8. The van der Waals surface area contributed by atoms with Crippen molar-refractivity contribution in [2.24, 2.45) is 0 Å². The molecule has 1 amide bonds. The zero-order chi connectivity index (χ0) is 24.9. The Morgan fingerprint density at radius 2 is 1.62 bits per heavy atom. The van der Waals surface area contributed by atoms with Crippen LogP contribution in [0.15, 0.2) is 71.6 Å². The van der Waals surface area contributed by atoms with E-state index in [0.29, 0.717) is 11.4 Å². The first-order valence-electron chi connectivity index (χ1n) is 9.83. The smallest absolute Gasteiger partial charge is 0.338 e. The number of nitrogens with one attached hydrogen (secondary N) is 2. The van der Waals surface area contributed by atoms with Gasteiger partial charge in [-0.1, -0.05) is 35.3 Å². The lowest BCUT2D eigenvalue weighted by atomic mass is 10.2. The second-order valence-electron chi connectivity index (χ2n) is 7.00. The summed E-state index contributed by atoms with van der Waals surface area (Å²) >= 11 is 11.7. The number of anilines is 2. The SMILES string of the molecule is COc1ccccc1NC(=O)C(C)OC(=O)c1ccc(NS(=O)(=O)c2ccc(Cl)c(Cl)c2)cc1. The zero-order valence-electron chi connectivity index (χ0n) is 18.0. The summed E-state index contributed by atoms with van der Waals surface area (Å²) in [6, 6.07) is 16.3. The Hall–Kier alpha value is -3.27.